The highest BCUT2D eigenvalue weighted by molar-refractivity contribution is 6.33. The Hall–Kier alpha value is -3.16. The van der Waals surface area contributed by atoms with Crippen LogP contribution < -0.4 is 15.8 Å². The third-order valence-electron chi connectivity index (χ3n) is 3.29. The van der Waals surface area contributed by atoms with E-state index in [0.29, 0.717) is 10.8 Å². The van der Waals surface area contributed by atoms with Crippen LogP contribution >= 0.6 is 23.2 Å². The number of hydrogen-bond donors (Lipinski definition) is 2. The fraction of sp³-hybridized carbons (Fsp3) is 0. The molecule has 0 spiro atoms. The Kier molecular flexibility index (Phi) is 5.85. The van der Waals surface area contributed by atoms with Gasteiger partial charge in [-0.05, 0) is 40.9 Å². The van der Waals surface area contributed by atoms with Gasteiger partial charge in [-0.2, -0.15) is 4.98 Å². The lowest BCUT2D eigenvalue weighted by molar-refractivity contribution is 0.210. The van der Waals surface area contributed by atoms with E-state index in [-0.39, 0.29) is 11.0 Å². The number of nitrogens with zero attached hydrogens (tertiary/aromatic N) is 3. The van der Waals surface area contributed by atoms with Gasteiger partial charge in [0.15, 0.2) is 11.6 Å². The molecule has 2 aromatic heterocycles. The van der Waals surface area contributed by atoms with Gasteiger partial charge >= 0.3 is 6.09 Å². The Morgan fingerprint density at radius 1 is 1.11 bits per heavy atom. The molecule has 1 amide bonds. The molecule has 0 aliphatic heterocycles. The molecule has 0 saturated heterocycles. The average Bonchev–Trinajstić information content (AvgIpc) is 2.63. The molecule has 3 rings (SSSR count). The van der Waals surface area contributed by atoms with Gasteiger partial charge in [0.25, 0.3) is 0 Å². The second-order valence-electron chi connectivity index (χ2n) is 5.29. The first-order valence-corrected chi connectivity index (χ1v) is 8.41. The van der Waals surface area contributed by atoms with Crippen molar-refractivity contribution in [3.05, 3.63) is 70.4 Å². The van der Waals surface area contributed by atoms with Gasteiger partial charge in [-0.25, -0.2) is 9.78 Å². The highest BCUT2D eigenvalue weighted by Crippen LogP contribution is 2.24. The molecule has 0 radical (unpaired) electrons. The molecule has 136 valence electrons. The largest absolute Gasteiger partial charge is 0.410 e. The quantitative estimate of drug-likeness (QED) is 0.607. The maximum atomic E-state index is 10.8. The van der Waals surface area contributed by atoms with Crippen molar-refractivity contribution >= 4 is 53.0 Å². The molecule has 0 aliphatic carbocycles. The van der Waals surface area contributed by atoms with Crippen molar-refractivity contribution in [3.8, 4) is 5.75 Å². The zero-order valence-corrected chi connectivity index (χ0v) is 15.3. The Bertz CT molecular complexity index is 1010. The smallest absolute Gasteiger partial charge is 0.409 e. The van der Waals surface area contributed by atoms with E-state index >= 15 is 0 Å². The molecular formula is C18H13Cl2N5O2. The Morgan fingerprint density at radius 3 is 2.74 bits per heavy atom. The van der Waals surface area contributed by atoms with Crippen LogP contribution in [0.15, 0.2) is 48.9 Å². The zero-order chi connectivity index (χ0) is 19.2. The third kappa shape index (κ3) is 5.40. The summed E-state index contributed by atoms with van der Waals surface area (Å²) in [6.07, 6.45) is 7.29. The van der Waals surface area contributed by atoms with E-state index in [9.17, 15) is 4.79 Å². The van der Waals surface area contributed by atoms with Crippen molar-refractivity contribution in [2.45, 2.75) is 0 Å². The Morgan fingerprint density at radius 2 is 1.93 bits per heavy atom. The van der Waals surface area contributed by atoms with Gasteiger partial charge < -0.3 is 15.8 Å². The summed E-state index contributed by atoms with van der Waals surface area (Å²) in [6.45, 7) is 0. The molecule has 0 saturated carbocycles. The summed E-state index contributed by atoms with van der Waals surface area (Å²) in [5.74, 6) is 0.689. The third-order valence-corrected chi connectivity index (χ3v) is 3.74. The SMILES string of the molecule is NC(=O)Oc1cncc(/C=C\c2cccc(Nc3nc(Cl)ncc3Cl)c2)c1. The van der Waals surface area contributed by atoms with Crippen LogP contribution in [-0.2, 0) is 0 Å². The molecule has 27 heavy (non-hydrogen) atoms. The summed E-state index contributed by atoms with van der Waals surface area (Å²) >= 11 is 11.9. The molecule has 9 heteroatoms. The summed E-state index contributed by atoms with van der Waals surface area (Å²) in [6, 6.07) is 9.22. The van der Waals surface area contributed by atoms with E-state index < -0.39 is 6.09 Å². The number of aromatic nitrogens is 3. The fourth-order valence-electron chi connectivity index (χ4n) is 2.18. The molecule has 1 aromatic carbocycles. The molecule has 0 unspecified atom stereocenters. The van der Waals surface area contributed by atoms with Crippen molar-refractivity contribution in [1.29, 1.82) is 0 Å². The number of carbonyl (C=O) groups is 1. The van der Waals surface area contributed by atoms with Crippen LogP contribution in [0.2, 0.25) is 10.3 Å². The number of ether oxygens (including phenoxy) is 1. The first-order chi connectivity index (χ1) is 13.0. The van der Waals surface area contributed by atoms with Gasteiger partial charge in [-0.1, -0.05) is 35.9 Å². The standard InChI is InChI=1S/C18H13Cl2N5O2/c19-15-10-23-17(20)25-16(15)24-13-3-1-2-11(6-13)4-5-12-7-14(9-22-8-12)27-18(21)26/h1-10H,(H2,21,26)(H,23,24,25)/b5-4-. The van der Waals surface area contributed by atoms with Crippen molar-refractivity contribution in [3.63, 3.8) is 0 Å². The normalized spacial score (nSPS) is 10.7. The number of rotatable bonds is 5. The van der Waals surface area contributed by atoms with Gasteiger partial charge in [0.1, 0.15) is 5.02 Å². The van der Waals surface area contributed by atoms with Crippen LogP contribution in [0, 0.1) is 0 Å². The first kappa shape index (κ1) is 18.6. The van der Waals surface area contributed by atoms with E-state index in [4.69, 9.17) is 33.7 Å². The summed E-state index contributed by atoms with van der Waals surface area (Å²) < 4.78 is 4.81. The number of pyridine rings is 1. The lowest BCUT2D eigenvalue weighted by Crippen LogP contribution is -2.16. The van der Waals surface area contributed by atoms with Crippen LogP contribution in [0.3, 0.4) is 0 Å². The van der Waals surface area contributed by atoms with Crippen molar-refractivity contribution in [2.75, 3.05) is 5.32 Å². The number of primary amides is 1. The molecule has 0 atom stereocenters. The Balaban J connectivity index is 1.77. The van der Waals surface area contributed by atoms with Crippen LogP contribution in [0.25, 0.3) is 12.2 Å². The first-order valence-electron chi connectivity index (χ1n) is 7.65. The number of anilines is 2. The number of carbonyl (C=O) groups excluding carboxylic acids is 1. The number of nitrogens with two attached hydrogens (primary N) is 1. The van der Waals surface area contributed by atoms with Crippen LogP contribution in [0.4, 0.5) is 16.3 Å². The van der Waals surface area contributed by atoms with E-state index in [1.807, 2.05) is 36.4 Å². The molecule has 0 fully saturated rings. The van der Waals surface area contributed by atoms with Crippen molar-refractivity contribution in [1.82, 2.24) is 15.0 Å². The van der Waals surface area contributed by atoms with E-state index in [2.05, 4.69) is 20.3 Å². The van der Waals surface area contributed by atoms with Crippen LogP contribution in [0.5, 0.6) is 5.75 Å². The predicted octanol–water partition coefficient (Wildman–Crippen LogP) is 4.55. The van der Waals surface area contributed by atoms with Crippen LogP contribution in [-0.4, -0.2) is 21.0 Å². The summed E-state index contributed by atoms with van der Waals surface area (Å²) in [4.78, 5) is 22.7. The highest BCUT2D eigenvalue weighted by Gasteiger charge is 2.05. The summed E-state index contributed by atoms with van der Waals surface area (Å²) in [5.41, 5.74) is 7.44. The van der Waals surface area contributed by atoms with E-state index in [0.717, 1.165) is 16.8 Å². The minimum absolute atomic E-state index is 0.100. The van der Waals surface area contributed by atoms with Gasteiger partial charge in [0.2, 0.25) is 5.28 Å². The minimum Gasteiger partial charge on any atom is -0.409 e. The fourth-order valence-corrected chi connectivity index (χ4v) is 2.45. The summed E-state index contributed by atoms with van der Waals surface area (Å²) in [7, 11) is 0. The average molecular weight is 402 g/mol. The molecular weight excluding hydrogens is 389 g/mol. The van der Waals surface area contributed by atoms with Gasteiger partial charge in [0, 0.05) is 11.9 Å². The van der Waals surface area contributed by atoms with Gasteiger partial charge in [0.05, 0.1) is 12.4 Å². The van der Waals surface area contributed by atoms with Crippen LogP contribution in [0.1, 0.15) is 11.1 Å². The second-order valence-corrected chi connectivity index (χ2v) is 6.04. The maximum absolute atomic E-state index is 10.8. The second kappa shape index (κ2) is 8.48. The Labute approximate surface area is 164 Å². The topological polar surface area (TPSA) is 103 Å². The molecule has 0 aliphatic rings. The van der Waals surface area contributed by atoms with Crippen molar-refractivity contribution in [2.24, 2.45) is 5.73 Å². The maximum Gasteiger partial charge on any atom is 0.410 e. The van der Waals surface area contributed by atoms with E-state index in [1.165, 1.54) is 12.4 Å². The highest BCUT2D eigenvalue weighted by atomic mass is 35.5. The number of nitrogens with one attached hydrogen (secondary N) is 1. The lowest BCUT2D eigenvalue weighted by atomic mass is 10.1. The van der Waals surface area contributed by atoms with E-state index in [1.54, 1.807) is 12.3 Å². The number of amides is 1. The minimum atomic E-state index is -0.889. The van der Waals surface area contributed by atoms with Crippen molar-refractivity contribution < 1.29 is 9.53 Å². The predicted molar refractivity (Wildman–Crippen MR) is 105 cm³/mol. The molecule has 3 N–H and O–H groups in total. The monoisotopic (exact) mass is 401 g/mol. The molecule has 0 bridgehead atoms. The molecule has 7 nitrogen and oxygen atoms in total. The number of hydrogen-bond acceptors (Lipinski definition) is 6. The lowest BCUT2D eigenvalue weighted by Gasteiger charge is -2.08. The number of halogens is 2. The zero-order valence-electron chi connectivity index (χ0n) is 13.8. The molecule has 3 aromatic rings. The van der Waals surface area contributed by atoms with Gasteiger partial charge in [-0.15, -0.1) is 0 Å². The molecule has 2 heterocycles. The van der Waals surface area contributed by atoms with Gasteiger partial charge in [-0.3, -0.25) is 4.98 Å². The number of benzene rings is 1. The summed E-state index contributed by atoms with van der Waals surface area (Å²) in [5, 5.41) is 3.56.